The molecular weight excluding hydrogens is 280 g/mol. The summed E-state index contributed by atoms with van der Waals surface area (Å²) in [6.07, 6.45) is 3.63. The van der Waals surface area contributed by atoms with Gasteiger partial charge in [-0.2, -0.15) is 0 Å². The Morgan fingerprint density at radius 2 is 1.68 bits per heavy atom. The van der Waals surface area contributed by atoms with E-state index in [9.17, 15) is 10.2 Å². The Balaban J connectivity index is 2.21. The van der Waals surface area contributed by atoms with E-state index in [1.165, 1.54) is 12.1 Å². The zero-order valence-electron chi connectivity index (χ0n) is 12.5. The lowest BCUT2D eigenvalue weighted by molar-refractivity contribution is 0.355. The molecule has 0 bridgehead atoms. The summed E-state index contributed by atoms with van der Waals surface area (Å²) in [6, 6.07) is 10.2. The zero-order chi connectivity index (χ0) is 16.1. The zero-order valence-corrected chi connectivity index (χ0v) is 12.5. The van der Waals surface area contributed by atoms with Crippen LogP contribution in [0, 0.1) is 0 Å². The number of benzene rings is 2. The van der Waals surface area contributed by atoms with Crippen LogP contribution in [-0.4, -0.2) is 24.4 Å². The average molecular weight is 298 g/mol. The van der Waals surface area contributed by atoms with Crippen molar-refractivity contribution in [2.45, 2.75) is 0 Å². The molecule has 2 aromatic carbocycles. The lowest BCUT2D eigenvalue weighted by Crippen LogP contribution is -1.91. The number of hydrogen-bond donors (Lipinski definition) is 2. The number of phenolic OH excluding ortho intramolecular Hbond substituents is 2. The largest absolute Gasteiger partial charge is 0.504 e. The van der Waals surface area contributed by atoms with Gasteiger partial charge in [-0.25, -0.2) is 0 Å². The number of aromatic hydroxyl groups is 2. The van der Waals surface area contributed by atoms with Gasteiger partial charge in [-0.05, 0) is 41.0 Å². The fourth-order valence-corrected chi connectivity index (χ4v) is 1.97. The first kappa shape index (κ1) is 15.5. The molecule has 0 amide bonds. The molecule has 2 rings (SSSR count). The van der Waals surface area contributed by atoms with Crippen LogP contribution >= 0.6 is 0 Å². The first-order valence-electron chi connectivity index (χ1n) is 6.66. The van der Waals surface area contributed by atoms with E-state index in [0.29, 0.717) is 11.5 Å². The second-order valence-electron chi connectivity index (χ2n) is 4.68. The Morgan fingerprint density at radius 3 is 2.32 bits per heavy atom. The van der Waals surface area contributed by atoms with Crippen molar-refractivity contribution in [2.24, 2.45) is 0 Å². The molecular formula is C18H18O4. The van der Waals surface area contributed by atoms with Gasteiger partial charge in [0.2, 0.25) is 0 Å². The second kappa shape index (κ2) is 6.72. The summed E-state index contributed by atoms with van der Waals surface area (Å²) in [6.45, 7) is 4.02. The van der Waals surface area contributed by atoms with Crippen LogP contribution in [0.25, 0.3) is 11.6 Å². The minimum absolute atomic E-state index is 0.143. The molecule has 0 fully saturated rings. The van der Waals surface area contributed by atoms with Gasteiger partial charge in [0.05, 0.1) is 14.2 Å². The number of phenols is 2. The van der Waals surface area contributed by atoms with E-state index in [2.05, 4.69) is 6.58 Å². The molecule has 4 nitrogen and oxygen atoms in total. The lowest BCUT2D eigenvalue weighted by atomic mass is 10.0. The van der Waals surface area contributed by atoms with Crippen LogP contribution in [0.2, 0.25) is 0 Å². The molecule has 0 unspecified atom stereocenters. The number of methoxy groups -OCH3 is 2. The normalized spacial score (nSPS) is 10.6. The predicted molar refractivity (Wildman–Crippen MR) is 87.4 cm³/mol. The molecule has 2 aromatic rings. The predicted octanol–water partition coefficient (Wildman–Crippen LogP) is 3.84. The van der Waals surface area contributed by atoms with Crippen molar-refractivity contribution in [3.05, 3.63) is 60.2 Å². The van der Waals surface area contributed by atoms with Gasteiger partial charge >= 0.3 is 0 Å². The molecule has 2 N–H and O–H groups in total. The van der Waals surface area contributed by atoms with Gasteiger partial charge in [0.1, 0.15) is 0 Å². The van der Waals surface area contributed by atoms with E-state index < -0.39 is 0 Å². The van der Waals surface area contributed by atoms with Gasteiger partial charge in [0.25, 0.3) is 0 Å². The molecule has 0 aliphatic rings. The molecule has 0 heterocycles. The minimum Gasteiger partial charge on any atom is -0.504 e. The maximum Gasteiger partial charge on any atom is 0.161 e. The summed E-state index contributed by atoms with van der Waals surface area (Å²) in [4.78, 5) is 0. The molecule has 22 heavy (non-hydrogen) atoms. The van der Waals surface area contributed by atoms with Gasteiger partial charge in [-0.3, -0.25) is 0 Å². The van der Waals surface area contributed by atoms with E-state index in [1.54, 1.807) is 26.4 Å². The highest BCUT2D eigenvalue weighted by molar-refractivity contribution is 5.78. The van der Waals surface area contributed by atoms with Crippen LogP contribution in [-0.2, 0) is 0 Å². The SMILES string of the molecule is C=C(/C=C/c1ccc(O)c(O)c1)c1ccc(OC)c(OC)c1. The summed E-state index contributed by atoms with van der Waals surface area (Å²) < 4.78 is 10.5. The third-order valence-electron chi connectivity index (χ3n) is 3.23. The molecule has 0 radical (unpaired) electrons. The Labute approximate surface area is 129 Å². The van der Waals surface area contributed by atoms with Crippen LogP contribution < -0.4 is 9.47 Å². The van der Waals surface area contributed by atoms with E-state index in [-0.39, 0.29) is 11.5 Å². The van der Waals surface area contributed by atoms with Crippen LogP contribution in [0.3, 0.4) is 0 Å². The van der Waals surface area contributed by atoms with Crippen molar-refractivity contribution in [1.82, 2.24) is 0 Å². The van der Waals surface area contributed by atoms with E-state index in [4.69, 9.17) is 9.47 Å². The Bertz CT molecular complexity index is 717. The summed E-state index contributed by atoms with van der Waals surface area (Å²) in [7, 11) is 3.17. The van der Waals surface area contributed by atoms with Crippen molar-refractivity contribution in [1.29, 1.82) is 0 Å². The molecule has 0 atom stereocenters. The summed E-state index contributed by atoms with van der Waals surface area (Å²) in [5.74, 6) is 0.998. The average Bonchev–Trinajstić information content (AvgIpc) is 2.54. The van der Waals surface area contributed by atoms with Gasteiger partial charge in [-0.15, -0.1) is 0 Å². The highest BCUT2D eigenvalue weighted by Crippen LogP contribution is 2.31. The third kappa shape index (κ3) is 3.41. The molecule has 0 saturated heterocycles. The Hall–Kier alpha value is -2.88. The minimum atomic E-state index is -0.154. The smallest absolute Gasteiger partial charge is 0.161 e. The van der Waals surface area contributed by atoms with Crippen molar-refractivity contribution < 1.29 is 19.7 Å². The van der Waals surface area contributed by atoms with Gasteiger partial charge in [0, 0.05) is 0 Å². The van der Waals surface area contributed by atoms with E-state index in [0.717, 1.165) is 16.7 Å². The fourth-order valence-electron chi connectivity index (χ4n) is 1.97. The van der Waals surface area contributed by atoms with Crippen LogP contribution in [0.1, 0.15) is 11.1 Å². The number of hydrogen-bond acceptors (Lipinski definition) is 4. The highest BCUT2D eigenvalue weighted by atomic mass is 16.5. The summed E-state index contributed by atoms with van der Waals surface area (Å²) in [5, 5.41) is 18.8. The topological polar surface area (TPSA) is 58.9 Å². The first-order valence-corrected chi connectivity index (χ1v) is 6.66. The number of ether oxygens (including phenoxy) is 2. The van der Waals surface area contributed by atoms with Crippen molar-refractivity contribution in [3.8, 4) is 23.0 Å². The number of allylic oxidation sites excluding steroid dienone is 2. The molecule has 0 aromatic heterocycles. The van der Waals surface area contributed by atoms with E-state index >= 15 is 0 Å². The first-order chi connectivity index (χ1) is 10.5. The molecule has 0 spiro atoms. The maximum atomic E-state index is 9.47. The Morgan fingerprint density at radius 1 is 0.955 bits per heavy atom. The van der Waals surface area contributed by atoms with Gasteiger partial charge < -0.3 is 19.7 Å². The lowest BCUT2D eigenvalue weighted by Gasteiger charge is -2.09. The summed E-state index contributed by atoms with van der Waals surface area (Å²) in [5.41, 5.74) is 2.45. The van der Waals surface area contributed by atoms with E-state index in [1.807, 2.05) is 24.3 Å². The van der Waals surface area contributed by atoms with Crippen molar-refractivity contribution in [2.75, 3.05) is 14.2 Å². The Kier molecular flexibility index (Phi) is 4.73. The van der Waals surface area contributed by atoms with Crippen molar-refractivity contribution >= 4 is 11.6 Å². The standard InChI is InChI=1S/C18H18O4/c1-12(4-5-13-6-8-15(19)16(20)10-13)14-7-9-17(21-2)18(11-14)22-3/h4-11,19-20H,1H2,2-3H3/b5-4+. The van der Waals surface area contributed by atoms with Gasteiger partial charge in [-0.1, -0.05) is 30.9 Å². The third-order valence-corrected chi connectivity index (χ3v) is 3.23. The van der Waals surface area contributed by atoms with Crippen LogP contribution in [0.15, 0.2) is 49.1 Å². The van der Waals surface area contributed by atoms with Crippen LogP contribution in [0.4, 0.5) is 0 Å². The quantitative estimate of drug-likeness (QED) is 0.650. The summed E-state index contributed by atoms with van der Waals surface area (Å²) >= 11 is 0. The maximum absolute atomic E-state index is 9.47. The van der Waals surface area contributed by atoms with Crippen LogP contribution in [0.5, 0.6) is 23.0 Å². The van der Waals surface area contributed by atoms with Crippen molar-refractivity contribution in [3.63, 3.8) is 0 Å². The van der Waals surface area contributed by atoms with Gasteiger partial charge in [0.15, 0.2) is 23.0 Å². The molecule has 114 valence electrons. The highest BCUT2D eigenvalue weighted by Gasteiger charge is 2.05. The molecule has 4 heteroatoms. The molecule has 0 aliphatic heterocycles. The molecule has 0 aliphatic carbocycles. The monoisotopic (exact) mass is 298 g/mol. The number of rotatable bonds is 5. The molecule has 0 saturated carbocycles. The fraction of sp³-hybridized carbons (Fsp3) is 0.111. The second-order valence-corrected chi connectivity index (χ2v) is 4.68.